The lowest BCUT2D eigenvalue weighted by Gasteiger charge is -2.53. The Labute approximate surface area is 170 Å². The van der Waals surface area contributed by atoms with Crippen molar-refractivity contribution in [2.75, 3.05) is 24.6 Å². The van der Waals surface area contributed by atoms with Crippen molar-refractivity contribution >= 4 is 11.7 Å². The van der Waals surface area contributed by atoms with Crippen LogP contribution in [0.4, 0.5) is 5.82 Å². The van der Waals surface area contributed by atoms with Crippen LogP contribution >= 0.6 is 0 Å². The van der Waals surface area contributed by atoms with Gasteiger partial charge < -0.3 is 20.1 Å². The minimum absolute atomic E-state index is 0.238. The summed E-state index contributed by atoms with van der Waals surface area (Å²) in [5.41, 5.74) is -0.0545. The third-order valence-electron chi connectivity index (χ3n) is 6.29. The number of aromatic nitrogens is 4. The average molecular weight is 400 g/mol. The predicted molar refractivity (Wildman–Crippen MR) is 107 cm³/mol. The maximum atomic E-state index is 12.7. The quantitative estimate of drug-likeness (QED) is 0.786. The van der Waals surface area contributed by atoms with Crippen LogP contribution in [0.2, 0.25) is 0 Å². The number of hydrogen-bond acceptors (Lipinski definition) is 7. The number of aryl methyl sites for hydroxylation is 2. The van der Waals surface area contributed by atoms with Gasteiger partial charge in [-0.2, -0.15) is 5.10 Å². The van der Waals surface area contributed by atoms with Crippen LogP contribution < -0.4 is 10.2 Å². The summed E-state index contributed by atoms with van der Waals surface area (Å²) in [5, 5.41) is 18.4. The molecule has 2 atom stereocenters. The van der Waals surface area contributed by atoms with E-state index in [1.807, 2.05) is 19.9 Å². The first kappa shape index (κ1) is 19.8. The number of rotatable bonds is 3. The summed E-state index contributed by atoms with van der Waals surface area (Å²) in [6.07, 6.45) is 4.22. The third kappa shape index (κ3) is 3.60. The molecule has 0 aliphatic carbocycles. The second-order valence-electron chi connectivity index (χ2n) is 8.28. The van der Waals surface area contributed by atoms with E-state index in [-0.39, 0.29) is 5.91 Å². The summed E-state index contributed by atoms with van der Waals surface area (Å²) >= 11 is 0. The number of hydrogen-bond donors (Lipinski definition) is 2. The summed E-state index contributed by atoms with van der Waals surface area (Å²) in [6, 6.07) is 3.64. The smallest absolute Gasteiger partial charge is 0.270 e. The maximum Gasteiger partial charge on any atom is 0.270 e. The Morgan fingerprint density at radius 1 is 1.31 bits per heavy atom. The molecule has 156 valence electrons. The number of anilines is 1. The number of ether oxygens (including phenoxy) is 1. The summed E-state index contributed by atoms with van der Waals surface area (Å²) in [5.74, 6) is 0.655. The Balaban J connectivity index is 1.48. The van der Waals surface area contributed by atoms with Gasteiger partial charge in [0.2, 0.25) is 0 Å². The monoisotopic (exact) mass is 400 g/mol. The molecule has 9 nitrogen and oxygen atoms in total. The highest BCUT2D eigenvalue weighted by molar-refractivity contribution is 5.93. The van der Waals surface area contributed by atoms with Crippen LogP contribution in [-0.2, 0) is 11.8 Å². The average Bonchev–Trinajstić information content (AvgIpc) is 3.13. The zero-order valence-corrected chi connectivity index (χ0v) is 17.1. The van der Waals surface area contributed by atoms with E-state index >= 15 is 0 Å². The minimum Gasteiger partial charge on any atom is -0.388 e. The van der Waals surface area contributed by atoms with Gasteiger partial charge in [-0.15, -0.1) is 0 Å². The maximum absolute atomic E-state index is 12.7. The first-order valence-electron chi connectivity index (χ1n) is 9.99. The molecule has 2 N–H and O–H groups in total. The lowest BCUT2D eigenvalue weighted by Crippen LogP contribution is -2.69. The van der Waals surface area contributed by atoms with Gasteiger partial charge in [0.15, 0.2) is 0 Å². The van der Waals surface area contributed by atoms with Crippen LogP contribution in [0.5, 0.6) is 0 Å². The van der Waals surface area contributed by atoms with Gasteiger partial charge in [0.1, 0.15) is 23.9 Å². The van der Waals surface area contributed by atoms with Crippen molar-refractivity contribution in [3.8, 4) is 0 Å². The Kier molecular flexibility index (Phi) is 5.04. The highest BCUT2D eigenvalue weighted by atomic mass is 16.5. The van der Waals surface area contributed by atoms with Crippen molar-refractivity contribution in [1.82, 2.24) is 25.1 Å². The number of aliphatic hydroxyl groups excluding tert-OH is 1. The standard InChI is InChI=1S/C20H28N6O3/c1-14-12-16(22-13-21-14)26-9-5-20(6-10-26)18(28)19(2,7-11-29-20)24-17(27)15-4-8-23-25(15)3/h4,8,12-13,18,28H,5-7,9-11H2,1-3H3,(H,24,27)/t18-,19+/m1/s1. The number of nitrogens with one attached hydrogen (secondary N) is 1. The molecule has 1 amide bonds. The molecule has 0 saturated carbocycles. The van der Waals surface area contributed by atoms with Crippen LogP contribution in [0.15, 0.2) is 24.7 Å². The molecule has 2 aromatic heterocycles. The van der Waals surface area contributed by atoms with Crippen molar-refractivity contribution < 1.29 is 14.6 Å². The molecule has 1 spiro atoms. The number of carbonyl (C=O) groups is 1. The minimum atomic E-state index is -0.810. The SMILES string of the molecule is Cc1cc(N2CCC3(CC2)OCC[C@](C)(NC(=O)c2ccnn2C)[C@H]3O)ncn1. The van der Waals surface area contributed by atoms with Gasteiger partial charge in [-0.1, -0.05) is 0 Å². The highest BCUT2D eigenvalue weighted by Gasteiger charge is 2.54. The van der Waals surface area contributed by atoms with Gasteiger partial charge in [-0.3, -0.25) is 9.48 Å². The molecule has 9 heteroatoms. The Hall–Kier alpha value is -2.52. The van der Waals surface area contributed by atoms with Gasteiger partial charge in [0, 0.05) is 44.7 Å². The fraction of sp³-hybridized carbons (Fsp3) is 0.600. The molecule has 2 aliphatic rings. The Morgan fingerprint density at radius 2 is 2.07 bits per heavy atom. The Bertz CT molecular complexity index is 892. The second-order valence-corrected chi connectivity index (χ2v) is 8.28. The lowest BCUT2D eigenvalue weighted by molar-refractivity contribution is -0.195. The number of nitrogens with zero attached hydrogens (tertiary/aromatic N) is 5. The number of piperidine rings is 1. The van der Waals surface area contributed by atoms with Gasteiger partial charge in [-0.25, -0.2) is 9.97 Å². The fourth-order valence-corrected chi connectivity index (χ4v) is 4.46. The van der Waals surface area contributed by atoms with Crippen molar-refractivity contribution in [2.45, 2.75) is 50.4 Å². The fourth-order valence-electron chi connectivity index (χ4n) is 4.46. The van der Waals surface area contributed by atoms with Crippen molar-refractivity contribution in [2.24, 2.45) is 7.05 Å². The zero-order valence-electron chi connectivity index (χ0n) is 17.1. The molecule has 2 aliphatic heterocycles. The van der Waals surface area contributed by atoms with E-state index in [0.29, 0.717) is 31.6 Å². The molecule has 0 unspecified atom stereocenters. The molecule has 2 aromatic rings. The highest BCUT2D eigenvalue weighted by Crippen LogP contribution is 2.40. The van der Waals surface area contributed by atoms with Crippen molar-refractivity contribution in [3.63, 3.8) is 0 Å². The largest absolute Gasteiger partial charge is 0.388 e. The van der Waals surface area contributed by atoms with E-state index in [9.17, 15) is 9.90 Å². The van der Waals surface area contributed by atoms with Gasteiger partial charge in [-0.05, 0) is 39.2 Å². The number of aliphatic hydroxyl groups is 1. The summed E-state index contributed by atoms with van der Waals surface area (Å²) in [7, 11) is 1.73. The van der Waals surface area contributed by atoms with Gasteiger partial charge >= 0.3 is 0 Å². The van der Waals surface area contributed by atoms with Crippen LogP contribution in [0.3, 0.4) is 0 Å². The third-order valence-corrected chi connectivity index (χ3v) is 6.29. The molecule has 4 rings (SSSR count). The molecule has 2 saturated heterocycles. The van der Waals surface area contributed by atoms with Gasteiger partial charge in [0.25, 0.3) is 5.91 Å². The summed E-state index contributed by atoms with van der Waals surface area (Å²) in [4.78, 5) is 23.5. The molecular formula is C20H28N6O3. The molecule has 0 radical (unpaired) electrons. The van der Waals surface area contributed by atoms with E-state index in [1.54, 1.807) is 25.6 Å². The summed E-state index contributed by atoms with van der Waals surface area (Å²) < 4.78 is 7.67. The predicted octanol–water partition coefficient (Wildman–Crippen LogP) is 0.827. The van der Waals surface area contributed by atoms with E-state index in [0.717, 1.165) is 24.6 Å². The van der Waals surface area contributed by atoms with Crippen LogP contribution in [0.1, 0.15) is 42.4 Å². The van der Waals surface area contributed by atoms with E-state index in [1.165, 1.54) is 4.68 Å². The van der Waals surface area contributed by atoms with Crippen molar-refractivity contribution in [3.05, 3.63) is 36.0 Å². The molecular weight excluding hydrogens is 372 g/mol. The normalized spacial score (nSPS) is 26.5. The van der Waals surface area contributed by atoms with Crippen LogP contribution in [0.25, 0.3) is 0 Å². The van der Waals surface area contributed by atoms with Crippen LogP contribution in [-0.4, -0.2) is 67.7 Å². The second kappa shape index (κ2) is 7.38. The zero-order chi connectivity index (χ0) is 20.6. The number of carbonyl (C=O) groups excluding carboxylic acids is 1. The number of amides is 1. The van der Waals surface area contributed by atoms with Crippen LogP contribution in [0, 0.1) is 6.92 Å². The topological polar surface area (TPSA) is 105 Å². The molecule has 0 aromatic carbocycles. The molecule has 4 heterocycles. The molecule has 29 heavy (non-hydrogen) atoms. The Morgan fingerprint density at radius 3 is 2.72 bits per heavy atom. The van der Waals surface area contributed by atoms with E-state index in [4.69, 9.17) is 4.74 Å². The van der Waals surface area contributed by atoms with Gasteiger partial charge in [0.05, 0.1) is 11.1 Å². The molecule has 0 bridgehead atoms. The van der Waals surface area contributed by atoms with E-state index in [2.05, 4.69) is 25.3 Å². The lowest BCUT2D eigenvalue weighted by atomic mass is 9.73. The van der Waals surface area contributed by atoms with Crippen molar-refractivity contribution in [1.29, 1.82) is 0 Å². The first-order chi connectivity index (χ1) is 13.8. The first-order valence-corrected chi connectivity index (χ1v) is 9.99. The molecule has 2 fully saturated rings. The summed E-state index contributed by atoms with van der Waals surface area (Å²) in [6.45, 7) is 5.78. The van der Waals surface area contributed by atoms with E-state index < -0.39 is 17.2 Å².